The fourth-order valence-electron chi connectivity index (χ4n) is 2.51. The van der Waals surface area contributed by atoms with Crippen molar-refractivity contribution >= 4 is 33.4 Å². The molecule has 0 aliphatic rings. The van der Waals surface area contributed by atoms with Crippen molar-refractivity contribution in [2.75, 3.05) is 4.93 Å². The molecule has 0 heterocycles. The maximum absolute atomic E-state index is 13.3. The Hall–Kier alpha value is -0.270. The van der Waals surface area contributed by atoms with Gasteiger partial charge in [-0.25, -0.2) is 0 Å². The molecule has 120 valence electrons. The second-order valence-electron chi connectivity index (χ2n) is 6.62. The van der Waals surface area contributed by atoms with E-state index < -0.39 is 42.6 Å². The molecular weight excluding hydrogens is 379 g/mol. The van der Waals surface area contributed by atoms with Gasteiger partial charge in [-0.2, -0.15) is 0 Å². The molecule has 0 aromatic rings. The molecule has 0 fully saturated rings. The van der Waals surface area contributed by atoms with Gasteiger partial charge in [-0.1, -0.05) is 0 Å². The van der Waals surface area contributed by atoms with Crippen LogP contribution in [-0.4, -0.2) is 31.7 Å². The summed E-state index contributed by atoms with van der Waals surface area (Å²) < 4.78 is 23.8. The summed E-state index contributed by atoms with van der Waals surface area (Å²) in [5, 5.41) is 8.96. The molecule has 0 aliphatic heterocycles. The maximum atomic E-state index is 13.3. The van der Waals surface area contributed by atoms with Crippen LogP contribution in [0.1, 0.15) is 47.5 Å². The Labute approximate surface area is 130 Å². The van der Waals surface area contributed by atoms with E-state index in [0.717, 1.165) is 6.21 Å². The van der Waals surface area contributed by atoms with E-state index in [4.69, 9.17) is 5.11 Å². The molecule has 0 spiro atoms. The van der Waals surface area contributed by atoms with Crippen molar-refractivity contribution in [1.82, 2.24) is 0 Å². The summed E-state index contributed by atoms with van der Waals surface area (Å²) in [5.41, 5.74) is -0.885. The quantitative estimate of drug-likeness (QED) is 0.372. The molecule has 0 aliphatic carbocycles. The average molecular weight is 405 g/mol. The third kappa shape index (κ3) is 8.11. The topological polar surface area (TPSA) is 49.7 Å². The predicted molar refractivity (Wildman–Crippen MR) is 88.7 cm³/mol. The Bertz CT molecular complexity index is 368. The van der Waals surface area contributed by atoms with E-state index in [1.54, 1.807) is 11.9 Å². The number of hydrogen-bond donors (Lipinski definition) is 1. The third-order valence-corrected chi connectivity index (χ3v) is 4.88. The molecule has 1 N–H and O–H groups in total. The molecule has 1 atom stereocenters. The molecular formula is C14H26F2INO2. The molecule has 0 bridgehead atoms. The molecule has 0 amide bonds. The number of hydrogen-bond acceptors (Lipinski definition) is 2. The number of rotatable bonds is 8. The van der Waals surface area contributed by atoms with E-state index in [0.29, 0.717) is 12.8 Å². The zero-order valence-electron chi connectivity index (χ0n) is 13.0. The predicted octanol–water partition coefficient (Wildman–Crippen LogP) is 4.29. The van der Waals surface area contributed by atoms with Gasteiger partial charge in [-0.05, 0) is 0 Å². The molecule has 0 aromatic heterocycles. The second kappa shape index (κ2) is 7.13. The van der Waals surface area contributed by atoms with E-state index in [-0.39, 0.29) is 5.41 Å². The van der Waals surface area contributed by atoms with Crippen molar-refractivity contribution < 1.29 is 18.7 Å². The van der Waals surface area contributed by atoms with Gasteiger partial charge in [0.2, 0.25) is 0 Å². The van der Waals surface area contributed by atoms with Gasteiger partial charge in [0, 0.05) is 0 Å². The van der Waals surface area contributed by atoms with Gasteiger partial charge in [0.15, 0.2) is 0 Å². The number of halogens is 3. The molecule has 0 saturated carbocycles. The van der Waals surface area contributed by atoms with Crippen LogP contribution in [0.3, 0.4) is 0 Å². The molecule has 6 heteroatoms. The minimum atomic E-state index is -2.75. The fraction of sp³-hybridized carbons (Fsp3) is 0.857. The molecule has 1 unspecified atom stereocenters. The Morgan fingerprint density at radius 3 is 2.25 bits per heavy atom. The van der Waals surface area contributed by atoms with Gasteiger partial charge in [-0.15, -0.1) is 0 Å². The van der Waals surface area contributed by atoms with E-state index in [9.17, 15) is 13.6 Å². The standard InChI is InChI=1S/C14H26F2INO2/c1-10(11(19)20)7-12(2,3)8-13(4,5)18-9-14(15,16)17-6/h9-10,17H,7-8H2,1-6H3,(H,19,20). The van der Waals surface area contributed by atoms with E-state index >= 15 is 0 Å². The van der Waals surface area contributed by atoms with Crippen LogP contribution in [-0.2, 0) is 4.79 Å². The first kappa shape index (κ1) is 19.7. The van der Waals surface area contributed by atoms with Crippen molar-refractivity contribution in [2.24, 2.45) is 16.3 Å². The van der Waals surface area contributed by atoms with Gasteiger partial charge in [-0.3, -0.25) is 0 Å². The normalized spacial score (nSPS) is 15.8. The van der Waals surface area contributed by atoms with E-state index in [1.165, 1.54) is 0 Å². The first-order chi connectivity index (χ1) is 8.80. The first-order valence-electron chi connectivity index (χ1n) is 6.52. The third-order valence-electron chi connectivity index (χ3n) is 3.03. The molecule has 0 radical (unpaired) electrons. The fourth-order valence-corrected chi connectivity index (χ4v) is 2.96. The number of alkyl halides is 4. The van der Waals surface area contributed by atoms with Crippen LogP contribution in [0.25, 0.3) is 0 Å². The van der Waals surface area contributed by atoms with Crippen molar-refractivity contribution in [3.05, 3.63) is 0 Å². The summed E-state index contributed by atoms with van der Waals surface area (Å²) >= 11 is -1.38. The van der Waals surface area contributed by atoms with Crippen LogP contribution < -0.4 is 0 Å². The van der Waals surface area contributed by atoms with Crippen LogP contribution in [0.2, 0.25) is 0 Å². The molecule has 20 heavy (non-hydrogen) atoms. The zero-order chi connectivity index (χ0) is 16.2. The molecule has 0 rings (SSSR count). The Balaban J connectivity index is 4.77. The average Bonchev–Trinajstić information content (AvgIpc) is 2.24. The number of aliphatic carboxylic acids is 1. The van der Waals surface area contributed by atoms with Gasteiger partial charge >= 0.3 is 130 Å². The van der Waals surface area contributed by atoms with Gasteiger partial charge in [0.25, 0.3) is 0 Å². The number of carboxylic acid groups (broad SMARTS) is 1. The van der Waals surface area contributed by atoms with Crippen molar-refractivity contribution in [2.45, 2.75) is 56.9 Å². The number of nitrogens with zero attached hydrogens (tertiary/aromatic N) is 1. The van der Waals surface area contributed by atoms with Crippen molar-refractivity contribution in [3.8, 4) is 0 Å². The van der Waals surface area contributed by atoms with Gasteiger partial charge in [0.05, 0.1) is 0 Å². The molecule has 0 aromatic carbocycles. The summed E-state index contributed by atoms with van der Waals surface area (Å²) in [4.78, 5) is 16.5. The zero-order valence-corrected chi connectivity index (χ0v) is 15.4. The molecule has 3 nitrogen and oxygen atoms in total. The first-order valence-corrected chi connectivity index (χ1v) is 10.0. The monoisotopic (exact) mass is 405 g/mol. The number of carboxylic acids is 1. The van der Waals surface area contributed by atoms with Crippen LogP contribution in [0.15, 0.2) is 4.99 Å². The SMILES string of the molecule is C[IH]C(F)(F)C=NC(C)(C)CC(C)(C)CC(C)C(=O)O. The van der Waals surface area contributed by atoms with Crippen molar-refractivity contribution in [1.29, 1.82) is 0 Å². The van der Waals surface area contributed by atoms with Gasteiger partial charge in [0.1, 0.15) is 0 Å². The molecule has 0 saturated heterocycles. The summed E-state index contributed by atoms with van der Waals surface area (Å²) in [7, 11) is 0. The van der Waals surface area contributed by atoms with Crippen LogP contribution >= 0.6 is 21.2 Å². The van der Waals surface area contributed by atoms with Gasteiger partial charge < -0.3 is 0 Å². The summed E-state index contributed by atoms with van der Waals surface area (Å²) in [6.45, 7) is 9.19. The van der Waals surface area contributed by atoms with Crippen LogP contribution in [0.4, 0.5) is 8.78 Å². The Kier molecular flexibility index (Phi) is 7.04. The Morgan fingerprint density at radius 2 is 1.85 bits per heavy atom. The van der Waals surface area contributed by atoms with Crippen LogP contribution in [0.5, 0.6) is 0 Å². The van der Waals surface area contributed by atoms with E-state index in [2.05, 4.69) is 4.99 Å². The number of carbonyl (C=O) groups is 1. The summed E-state index contributed by atoms with van der Waals surface area (Å²) in [5.74, 6) is -1.28. The minimum absolute atomic E-state index is 0.267. The second-order valence-corrected chi connectivity index (χ2v) is 9.34. The summed E-state index contributed by atoms with van der Waals surface area (Å²) in [6.07, 6.45) is 1.85. The Morgan fingerprint density at radius 1 is 1.35 bits per heavy atom. The number of aliphatic imine (C=N–C) groups is 1. The van der Waals surface area contributed by atoms with Crippen molar-refractivity contribution in [3.63, 3.8) is 0 Å². The van der Waals surface area contributed by atoms with Crippen LogP contribution in [0, 0.1) is 11.3 Å². The summed E-state index contributed by atoms with van der Waals surface area (Å²) in [6, 6.07) is 0. The van der Waals surface area contributed by atoms with E-state index in [1.807, 2.05) is 27.7 Å².